The van der Waals surface area contributed by atoms with Crippen molar-refractivity contribution in [3.05, 3.63) is 29.3 Å². The summed E-state index contributed by atoms with van der Waals surface area (Å²) in [4.78, 5) is 0. The van der Waals surface area contributed by atoms with Crippen LogP contribution in [0.2, 0.25) is 0 Å². The van der Waals surface area contributed by atoms with Crippen LogP contribution in [-0.2, 0) is 5.41 Å². The van der Waals surface area contributed by atoms with Gasteiger partial charge in [-0.2, -0.15) is 0 Å². The smallest absolute Gasteiger partial charge is 0.123 e. The number of benzene rings is 1. The van der Waals surface area contributed by atoms with E-state index in [9.17, 15) is 0 Å². The highest BCUT2D eigenvalue weighted by Gasteiger charge is 2.20. The minimum atomic E-state index is 0.105. The minimum Gasteiger partial charge on any atom is -0.493 e. The summed E-state index contributed by atoms with van der Waals surface area (Å²) < 4.78 is 6.11. The predicted octanol–water partition coefficient (Wildman–Crippen LogP) is 4.70. The molecule has 0 bridgehead atoms. The third kappa shape index (κ3) is 6.52. The first-order chi connectivity index (χ1) is 9.49. The Morgan fingerprint density at radius 3 is 2.24 bits per heavy atom. The molecule has 0 aliphatic heterocycles. The topological polar surface area (TPSA) is 21.3 Å². The van der Waals surface area contributed by atoms with Crippen LogP contribution < -0.4 is 10.1 Å². The fourth-order valence-electron chi connectivity index (χ4n) is 2.13. The van der Waals surface area contributed by atoms with Gasteiger partial charge in [-0.15, -0.1) is 0 Å². The monoisotopic (exact) mass is 291 g/mol. The number of nitrogens with one attached hydrogen (secondary N) is 1. The molecule has 0 radical (unpaired) electrons. The van der Waals surface area contributed by atoms with Crippen LogP contribution in [0, 0.1) is 12.8 Å². The lowest BCUT2D eigenvalue weighted by atomic mass is 9.85. The standard InChI is InChI=1S/C19H33NO/c1-14-9-10-17(16(11-14)18(3,4)5)21-13-15(2)12-20-19(6,7)8/h9-11,15,20H,12-13H2,1-8H3. The van der Waals surface area contributed by atoms with E-state index in [1.54, 1.807) is 0 Å². The Hall–Kier alpha value is -1.02. The van der Waals surface area contributed by atoms with Crippen molar-refractivity contribution in [2.45, 2.75) is 66.3 Å². The van der Waals surface area contributed by atoms with Gasteiger partial charge in [-0.05, 0) is 44.7 Å². The lowest BCUT2D eigenvalue weighted by Gasteiger charge is -2.26. The highest BCUT2D eigenvalue weighted by atomic mass is 16.5. The summed E-state index contributed by atoms with van der Waals surface area (Å²) >= 11 is 0. The van der Waals surface area contributed by atoms with E-state index in [0.29, 0.717) is 5.92 Å². The van der Waals surface area contributed by atoms with Crippen molar-refractivity contribution < 1.29 is 4.74 Å². The maximum absolute atomic E-state index is 6.11. The molecule has 1 aromatic rings. The van der Waals surface area contributed by atoms with E-state index >= 15 is 0 Å². The Morgan fingerprint density at radius 1 is 1.10 bits per heavy atom. The molecule has 2 nitrogen and oxygen atoms in total. The van der Waals surface area contributed by atoms with Crippen LogP contribution in [0.25, 0.3) is 0 Å². The molecular weight excluding hydrogens is 258 g/mol. The molecule has 2 heteroatoms. The van der Waals surface area contributed by atoms with Gasteiger partial charge < -0.3 is 10.1 Å². The zero-order valence-electron chi connectivity index (χ0n) is 15.1. The van der Waals surface area contributed by atoms with E-state index < -0.39 is 0 Å². The molecule has 1 N–H and O–H groups in total. The Balaban J connectivity index is 2.67. The number of rotatable bonds is 5. The van der Waals surface area contributed by atoms with Crippen LogP contribution in [-0.4, -0.2) is 18.7 Å². The molecule has 0 saturated heterocycles. The number of hydrogen-bond acceptors (Lipinski definition) is 2. The zero-order chi connectivity index (χ0) is 16.3. The molecule has 0 spiro atoms. The summed E-state index contributed by atoms with van der Waals surface area (Å²) in [6, 6.07) is 6.48. The minimum absolute atomic E-state index is 0.105. The van der Waals surface area contributed by atoms with Gasteiger partial charge in [-0.1, -0.05) is 45.4 Å². The molecule has 0 aliphatic carbocycles. The van der Waals surface area contributed by atoms with Crippen LogP contribution in [0.3, 0.4) is 0 Å². The van der Waals surface area contributed by atoms with Gasteiger partial charge in [-0.25, -0.2) is 0 Å². The van der Waals surface area contributed by atoms with Crippen LogP contribution in [0.15, 0.2) is 18.2 Å². The Bertz CT molecular complexity index is 452. The van der Waals surface area contributed by atoms with Gasteiger partial charge in [0, 0.05) is 18.0 Å². The van der Waals surface area contributed by atoms with Gasteiger partial charge in [0.1, 0.15) is 5.75 Å². The second kappa shape index (κ2) is 6.83. The lowest BCUT2D eigenvalue weighted by molar-refractivity contribution is 0.240. The normalized spacial score (nSPS) is 14.1. The molecule has 0 amide bonds. The van der Waals surface area contributed by atoms with Crippen molar-refractivity contribution >= 4 is 0 Å². The van der Waals surface area contributed by atoms with E-state index in [4.69, 9.17) is 4.74 Å². The van der Waals surface area contributed by atoms with Crippen molar-refractivity contribution in [2.24, 2.45) is 5.92 Å². The van der Waals surface area contributed by atoms with Crippen LogP contribution in [0.1, 0.15) is 59.6 Å². The first kappa shape index (κ1) is 18.0. The summed E-state index contributed by atoms with van der Waals surface area (Å²) in [5.74, 6) is 1.51. The maximum atomic E-state index is 6.11. The first-order valence-corrected chi connectivity index (χ1v) is 7.98. The highest BCUT2D eigenvalue weighted by Crippen LogP contribution is 2.32. The summed E-state index contributed by atoms with van der Waals surface area (Å²) in [6.45, 7) is 19.4. The molecule has 1 atom stereocenters. The number of aryl methyl sites for hydroxylation is 1. The average Bonchev–Trinajstić information content (AvgIpc) is 2.32. The van der Waals surface area contributed by atoms with Gasteiger partial charge in [-0.3, -0.25) is 0 Å². The Kier molecular flexibility index (Phi) is 5.86. The van der Waals surface area contributed by atoms with E-state index in [2.05, 4.69) is 78.9 Å². The van der Waals surface area contributed by atoms with Gasteiger partial charge in [0.05, 0.1) is 6.61 Å². The summed E-state index contributed by atoms with van der Waals surface area (Å²) in [5, 5.41) is 3.53. The second-order valence-electron chi connectivity index (χ2n) is 8.30. The quantitative estimate of drug-likeness (QED) is 0.849. The van der Waals surface area contributed by atoms with Gasteiger partial charge in [0.25, 0.3) is 0 Å². The van der Waals surface area contributed by atoms with Gasteiger partial charge in [0.2, 0.25) is 0 Å². The Labute approximate surface area is 131 Å². The molecule has 0 aromatic heterocycles. The first-order valence-electron chi connectivity index (χ1n) is 7.98. The van der Waals surface area contributed by atoms with Crippen molar-refractivity contribution in [3.63, 3.8) is 0 Å². The zero-order valence-corrected chi connectivity index (χ0v) is 15.1. The van der Waals surface area contributed by atoms with Crippen molar-refractivity contribution in [1.29, 1.82) is 0 Å². The largest absolute Gasteiger partial charge is 0.493 e. The molecule has 0 saturated carbocycles. The lowest BCUT2D eigenvalue weighted by Crippen LogP contribution is -2.39. The van der Waals surface area contributed by atoms with Crippen molar-refractivity contribution in [2.75, 3.05) is 13.2 Å². The molecule has 120 valence electrons. The van der Waals surface area contributed by atoms with E-state index in [-0.39, 0.29) is 11.0 Å². The van der Waals surface area contributed by atoms with Gasteiger partial charge >= 0.3 is 0 Å². The van der Waals surface area contributed by atoms with Crippen LogP contribution >= 0.6 is 0 Å². The average molecular weight is 291 g/mol. The van der Waals surface area contributed by atoms with Crippen LogP contribution in [0.5, 0.6) is 5.75 Å². The molecule has 1 rings (SSSR count). The highest BCUT2D eigenvalue weighted by molar-refractivity contribution is 5.41. The SMILES string of the molecule is Cc1ccc(OCC(C)CNC(C)(C)C)c(C(C)(C)C)c1. The van der Waals surface area contributed by atoms with E-state index in [0.717, 1.165) is 18.9 Å². The third-order valence-electron chi connectivity index (χ3n) is 3.45. The number of hydrogen-bond donors (Lipinski definition) is 1. The maximum Gasteiger partial charge on any atom is 0.123 e. The molecule has 1 unspecified atom stereocenters. The van der Waals surface area contributed by atoms with E-state index in [1.807, 2.05) is 0 Å². The predicted molar refractivity (Wildman–Crippen MR) is 92.3 cm³/mol. The summed E-state index contributed by atoms with van der Waals surface area (Å²) in [7, 11) is 0. The molecule has 21 heavy (non-hydrogen) atoms. The molecule has 0 aliphatic rings. The summed E-state index contributed by atoms with van der Waals surface area (Å²) in [5.41, 5.74) is 2.84. The van der Waals surface area contributed by atoms with Crippen molar-refractivity contribution in [3.8, 4) is 5.75 Å². The molecule has 0 heterocycles. The summed E-state index contributed by atoms with van der Waals surface area (Å²) in [6.07, 6.45) is 0. The molecular formula is C19H33NO. The van der Waals surface area contributed by atoms with Crippen LogP contribution in [0.4, 0.5) is 0 Å². The Morgan fingerprint density at radius 2 is 1.71 bits per heavy atom. The fourth-order valence-corrected chi connectivity index (χ4v) is 2.13. The second-order valence-corrected chi connectivity index (χ2v) is 8.30. The van der Waals surface area contributed by atoms with Crippen molar-refractivity contribution in [1.82, 2.24) is 5.32 Å². The van der Waals surface area contributed by atoms with E-state index in [1.165, 1.54) is 11.1 Å². The molecule has 1 aromatic carbocycles. The fraction of sp³-hybridized carbons (Fsp3) is 0.684. The van der Waals surface area contributed by atoms with Gasteiger partial charge in [0.15, 0.2) is 0 Å². The number of ether oxygens (including phenoxy) is 1. The third-order valence-corrected chi connectivity index (χ3v) is 3.45. The molecule has 0 fully saturated rings.